The lowest BCUT2D eigenvalue weighted by Gasteiger charge is -2.13. The van der Waals surface area contributed by atoms with Gasteiger partial charge in [-0.05, 0) is 90.2 Å². The molecule has 5 rings (SSSR count). The summed E-state index contributed by atoms with van der Waals surface area (Å²) in [4.78, 5) is 17.1. The van der Waals surface area contributed by atoms with E-state index in [2.05, 4.69) is 16.4 Å². The molecule has 3 aromatic carbocycles. The number of rotatable bonds is 5. The molecular weight excluding hydrogens is 446 g/mol. The second-order valence-electron chi connectivity index (χ2n) is 8.92. The number of aromatic nitrogens is 1. The van der Waals surface area contributed by atoms with Crippen molar-refractivity contribution in [1.29, 1.82) is 0 Å². The number of nitrogens with two attached hydrogens (primary N) is 1. The summed E-state index contributed by atoms with van der Waals surface area (Å²) >= 11 is 0. The highest BCUT2D eigenvalue weighted by Gasteiger charge is 2.24. The van der Waals surface area contributed by atoms with Gasteiger partial charge in [0.25, 0.3) is 5.91 Å². The van der Waals surface area contributed by atoms with Crippen molar-refractivity contribution >= 4 is 26.7 Å². The Bertz CT molecular complexity index is 1560. The second kappa shape index (κ2) is 8.34. The van der Waals surface area contributed by atoms with Crippen LogP contribution in [0.4, 0.5) is 0 Å². The highest BCUT2D eigenvalue weighted by molar-refractivity contribution is 7.89. The van der Waals surface area contributed by atoms with E-state index in [1.807, 2.05) is 50.4 Å². The fraction of sp³-hybridized carbons (Fsp3) is 0.185. The largest absolute Gasteiger partial charge is 0.349 e. The molecule has 7 heteroatoms. The van der Waals surface area contributed by atoms with Gasteiger partial charge in [0, 0.05) is 34.9 Å². The molecule has 1 aromatic heterocycles. The number of amides is 1. The van der Waals surface area contributed by atoms with E-state index >= 15 is 0 Å². The molecule has 0 spiro atoms. The Hall–Kier alpha value is -3.55. The van der Waals surface area contributed by atoms with Crippen LogP contribution in [0, 0.1) is 13.8 Å². The molecule has 4 aromatic rings. The Morgan fingerprint density at radius 1 is 0.912 bits per heavy atom. The summed E-state index contributed by atoms with van der Waals surface area (Å²) in [6, 6.07) is 17.1. The maximum Gasteiger partial charge on any atom is 0.251 e. The van der Waals surface area contributed by atoms with E-state index in [0.717, 1.165) is 57.0 Å². The lowest BCUT2D eigenvalue weighted by Crippen LogP contribution is -2.25. The van der Waals surface area contributed by atoms with E-state index in [1.165, 1.54) is 6.07 Å². The molecule has 1 aliphatic carbocycles. The quantitative estimate of drug-likeness (QED) is 0.439. The Labute approximate surface area is 198 Å². The molecule has 1 heterocycles. The number of carbonyl (C=O) groups excluding carboxylic acids is 1. The van der Waals surface area contributed by atoms with Gasteiger partial charge >= 0.3 is 0 Å². The van der Waals surface area contributed by atoms with Gasteiger partial charge in [0.1, 0.15) is 0 Å². The minimum absolute atomic E-state index is 0.0353. The van der Waals surface area contributed by atoms with Crippen molar-refractivity contribution < 1.29 is 13.2 Å². The third kappa shape index (κ3) is 4.32. The molecule has 1 fully saturated rings. The van der Waals surface area contributed by atoms with Crippen LogP contribution in [0.15, 0.2) is 71.9 Å². The number of hydrogen-bond acceptors (Lipinski definition) is 4. The molecule has 34 heavy (non-hydrogen) atoms. The van der Waals surface area contributed by atoms with E-state index in [9.17, 15) is 13.2 Å². The zero-order chi connectivity index (χ0) is 24.0. The standard InChI is InChI=1S/C27H25N3O3S/c1-16-3-4-19(27(31)30-21-6-7-21)13-25(16)18-5-9-24-20(12-18)14-29-15-26(24)23-10-8-22(11-17(23)2)34(28,32)33/h3-5,8-15,21H,6-7H2,1-2H3,(H,30,31)(H2,28,32,33). The molecule has 0 unspecified atom stereocenters. The average Bonchev–Trinajstić information content (AvgIpc) is 3.62. The van der Waals surface area contributed by atoms with Crippen molar-refractivity contribution in [3.05, 3.63) is 83.7 Å². The third-order valence-corrected chi connectivity index (χ3v) is 7.21. The first kappa shape index (κ1) is 22.3. The van der Waals surface area contributed by atoms with Crippen molar-refractivity contribution in [2.24, 2.45) is 5.14 Å². The van der Waals surface area contributed by atoms with Gasteiger partial charge in [-0.25, -0.2) is 13.6 Å². The minimum atomic E-state index is -3.76. The van der Waals surface area contributed by atoms with Crippen LogP contribution in [0.3, 0.4) is 0 Å². The SMILES string of the molecule is Cc1ccc(C(=O)NC2CC2)cc1-c1ccc2c(-c3ccc(S(N)(=O)=O)cc3C)cncc2c1. The molecule has 1 aliphatic rings. The number of nitrogens with one attached hydrogen (secondary N) is 1. The summed E-state index contributed by atoms with van der Waals surface area (Å²) in [6.07, 6.45) is 5.70. The number of benzene rings is 3. The summed E-state index contributed by atoms with van der Waals surface area (Å²) < 4.78 is 23.4. The van der Waals surface area contributed by atoms with Crippen LogP contribution in [0.5, 0.6) is 0 Å². The summed E-state index contributed by atoms with van der Waals surface area (Å²) in [7, 11) is -3.76. The molecule has 1 saturated carbocycles. The number of primary sulfonamides is 1. The highest BCUT2D eigenvalue weighted by atomic mass is 32.2. The molecule has 6 nitrogen and oxygen atoms in total. The van der Waals surface area contributed by atoms with Crippen LogP contribution in [-0.4, -0.2) is 25.4 Å². The van der Waals surface area contributed by atoms with Gasteiger partial charge in [0.2, 0.25) is 10.0 Å². The van der Waals surface area contributed by atoms with Crippen LogP contribution in [0.2, 0.25) is 0 Å². The number of hydrogen-bond donors (Lipinski definition) is 2. The van der Waals surface area contributed by atoms with Crippen molar-refractivity contribution in [2.45, 2.75) is 37.6 Å². The van der Waals surface area contributed by atoms with Crippen molar-refractivity contribution in [2.75, 3.05) is 0 Å². The van der Waals surface area contributed by atoms with Crippen LogP contribution < -0.4 is 10.5 Å². The maximum atomic E-state index is 12.6. The van der Waals surface area contributed by atoms with Crippen LogP contribution in [0.25, 0.3) is 33.0 Å². The zero-order valence-corrected chi connectivity index (χ0v) is 19.8. The van der Waals surface area contributed by atoms with E-state index in [4.69, 9.17) is 5.14 Å². The van der Waals surface area contributed by atoms with E-state index in [1.54, 1.807) is 18.3 Å². The molecule has 0 atom stereocenters. The number of nitrogens with zero attached hydrogens (tertiary/aromatic N) is 1. The smallest absolute Gasteiger partial charge is 0.251 e. The number of carbonyl (C=O) groups is 1. The number of sulfonamides is 1. The fourth-order valence-electron chi connectivity index (χ4n) is 4.24. The minimum Gasteiger partial charge on any atom is -0.349 e. The Balaban J connectivity index is 1.56. The van der Waals surface area contributed by atoms with Gasteiger partial charge in [-0.1, -0.05) is 24.3 Å². The molecule has 0 bridgehead atoms. The topological polar surface area (TPSA) is 102 Å². The van der Waals surface area contributed by atoms with Gasteiger partial charge in [-0.15, -0.1) is 0 Å². The second-order valence-corrected chi connectivity index (χ2v) is 10.5. The van der Waals surface area contributed by atoms with Crippen LogP contribution >= 0.6 is 0 Å². The average molecular weight is 472 g/mol. The van der Waals surface area contributed by atoms with Gasteiger partial charge in [0.15, 0.2) is 0 Å². The highest BCUT2D eigenvalue weighted by Crippen LogP contribution is 2.34. The summed E-state index contributed by atoms with van der Waals surface area (Å²) in [5.74, 6) is -0.0353. The molecular formula is C27H25N3O3S. The maximum absolute atomic E-state index is 12.6. The molecule has 0 aliphatic heterocycles. The number of aryl methyl sites for hydroxylation is 2. The first-order valence-electron chi connectivity index (χ1n) is 11.1. The summed E-state index contributed by atoms with van der Waals surface area (Å²) in [6.45, 7) is 3.89. The van der Waals surface area contributed by atoms with Crippen LogP contribution in [-0.2, 0) is 10.0 Å². The third-order valence-electron chi connectivity index (χ3n) is 6.30. The lowest BCUT2D eigenvalue weighted by atomic mass is 9.93. The van der Waals surface area contributed by atoms with Gasteiger partial charge < -0.3 is 5.32 Å². The van der Waals surface area contributed by atoms with E-state index in [0.29, 0.717) is 11.6 Å². The van der Waals surface area contributed by atoms with Crippen molar-refractivity contribution in [3.63, 3.8) is 0 Å². The molecule has 1 amide bonds. The van der Waals surface area contributed by atoms with Crippen LogP contribution in [0.1, 0.15) is 34.3 Å². The van der Waals surface area contributed by atoms with E-state index in [-0.39, 0.29) is 10.8 Å². The fourth-order valence-corrected chi connectivity index (χ4v) is 4.84. The predicted molar refractivity (Wildman–Crippen MR) is 134 cm³/mol. The van der Waals surface area contributed by atoms with Gasteiger partial charge in [0.05, 0.1) is 4.90 Å². The zero-order valence-electron chi connectivity index (χ0n) is 19.0. The van der Waals surface area contributed by atoms with Gasteiger partial charge in [-0.3, -0.25) is 9.78 Å². The summed E-state index contributed by atoms with van der Waals surface area (Å²) in [5.41, 5.74) is 6.36. The first-order chi connectivity index (χ1) is 16.2. The Kier molecular flexibility index (Phi) is 5.46. The Morgan fingerprint density at radius 3 is 2.41 bits per heavy atom. The van der Waals surface area contributed by atoms with Crippen molar-refractivity contribution in [1.82, 2.24) is 10.3 Å². The van der Waals surface area contributed by atoms with Gasteiger partial charge in [-0.2, -0.15) is 0 Å². The van der Waals surface area contributed by atoms with Crippen molar-refractivity contribution in [3.8, 4) is 22.3 Å². The normalized spacial score (nSPS) is 13.7. The number of pyridine rings is 1. The summed E-state index contributed by atoms with van der Waals surface area (Å²) in [5, 5.41) is 10.3. The molecule has 172 valence electrons. The molecule has 0 saturated heterocycles. The lowest BCUT2D eigenvalue weighted by molar-refractivity contribution is 0.0951. The Morgan fingerprint density at radius 2 is 1.71 bits per heavy atom. The monoisotopic (exact) mass is 471 g/mol. The van der Waals surface area contributed by atoms with E-state index < -0.39 is 10.0 Å². The predicted octanol–water partition coefficient (Wildman–Crippen LogP) is 4.73. The molecule has 0 radical (unpaired) electrons. The number of fused-ring (bicyclic) bond motifs is 1. The first-order valence-corrected chi connectivity index (χ1v) is 12.7. The molecule has 3 N–H and O–H groups in total.